The minimum Gasteiger partial charge on any atom is -0.384 e. The fourth-order valence-electron chi connectivity index (χ4n) is 2.75. The van der Waals surface area contributed by atoms with Crippen molar-refractivity contribution in [3.05, 3.63) is 53.6 Å². The zero-order valence-electron chi connectivity index (χ0n) is 13.1. The molecule has 3 rings (SSSR count). The van der Waals surface area contributed by atoms with E-state index in [1.54, 1.807) is 24.3 Å². The molecule has 0 bridgehead atoms. The van der Waals surface area contributed by atoms with Crippen LogP contribution in [-0.4, -0.2) is 29.6 Å². The summed E-state index contributed by atoms with van der Waals surface area (Å²) < 4.78 is 50.7. The van der Waals surface area contributed by atoms with Crippen LogP contribution in [0.2, 0.25) is 0 Å². The van der Waals surface area contributed by atoms with Crippen LogP contribution in [0.25, 0.3) is 0 Å². The molecule has 0 unspecified atom stereocenters. The molecule has 2 aromatic carbocycles. The van der Waals surface area contributed by atoms with Crippen LogP contribution in [0.5, 0.6) is 0 Å². The molecule has 0 saturated heterocycles. The number of sulfone groups is 1. The molecule has 24 heavy (non-hydrogen) atoms. The number of hydrogen-bond acceptors (Lipinski definition) is 5. The largest absolute Gasteiger partial charge is 0.384 e. The third-order valence-corrected chi connectivity index (χ3v) is 5.97. The molecule has 0 saturated carbocycles. The minimum absolute atomic E-state index is 0.0483. The van der Waals surface area contributed by atoms with E-state index in [4.69, 9.17) is 0 Å². The van der Waals surface area contributed by atoms with Gasteiger partial charge in [0.25, 0.3) is 10.0 Å². The lowest BCUT2D eigenvalue weighted by atomic mass is 10.1. The Morgan fingerprint density at radius 3 is 2.58 bits per heavy atom. The van der Waals surface area contributed by atoms with Gasteiger partial charge in [0.1, 0.15) is 0 Å². The molecular weight excluding hydrogens is 348 g/mol. The van der Waals surface area contributed by atoms with E-state index in [2.05, 4.69) is 10.0 Å². The molecule has 0 atom stereocenters. The SMILES string of the molecule is CS(=O)(=O)Cc1cccc(S(=O)(=O)Nc2cccc3c2CCN3)c1. The average molecular weight is 366 g/mol. The number of anilines is 2. The lowest BCUT2D eigenvalue weighted by Gasteiger charge is -2.12. The Morgan fingerprint density at radius 2 is 1.83 bits per heavy atom. The molecule has 1 heterocycles. The molecule has 1 aliphatic rings. The van der Waals surface area contributed by atoms with Crippen molar-refractivity contribution in [2.45, 2.75) is 17.1 Å². The molecule has 0 aromatic heterocycles. The summed E-state index contributed by atoms with van der Waals surface area (Å²) in [7, 11) is -7.02. The van der Waals surface area contributed by atoms with Crippen molar-refractivity contribution in [1.29, 1.82) is 0 Å². The maximum absolute atomic E-state index is 12.6. The van der Waals surface area contributed by atoms with Crippen molar-refractivity contribution in [2.24, 2.45) is 0 Å². The zero-order valence-corrected chi connectivity index (χ0v) is 14.7. The Labute approximate surface area is 141 Å². The van der Waals surface area contributed by atoms with Gasteiger partial charge in [-0.1, -0.05) is 18.2 Å². The molecular formula is C16H18N2O4S2. The van der Waals surface area contributed by atoms with E-state index in [1.165, 1.54) is 12.1 Å². The first-order chi connectivity index (χ1) is 11.2. The van der Waals surface area contributed by atoms with Crippen molar-refractivity contribution in [1.82, 2.24) is 0 Å². The van der Waals surface area contributed by atoms with Gasteiger partial charge >= 0.3 is 0 Å². The predicted molar refractivity (Wildman–Crippen MR) is 94.4 cm³/mol. The van der Waals surface area contributed by atoms with Crippen LogP contribution in [0, 0.1) is 0 Å². The second-order valence-electron chi connectivity index (χ2n) is 5.83. The van der Waals surface area contributed by atoms with E-state index in [-0.39, 0.29) is 10.6 Å². The highest BCUT2D eigenvalue weighted by atomic mass is 32.2. The Morgan fingerprint density at radius 1 is 1.08 bits per heavy atom. The molecule has 0 aliphatic carbocycles. The minimum atomic E-state index is -3.79. The summed E-state index contributed by atoms with van der Waals surface area (Å²) in [4.78, 5) is 0.0483. The number of sulfonamides is 1. The van der Waals surface area contributed by atoms with Gasteiger partial charge in [-0.3, -0.25) is 4.72 Å². The zero-order chi connectivity index (χ0) is 17.4. The number of hydrogen-bond donors (Lipinski definition) is 2. The molecule has 2 N–H and O–H groups in total. The monoisotopic (exact) mass is 366 g/mol. The molecule has 0 spiro atoms. The van der Waals surface area contributed by atoms with E-state index >= 15 is 0 Å². The molecule has 1 aliphatic heterocycles. The van der Waals surface area contributed by atoms with Gasteiger partial charge in [0.05, 0.1) is 16.3 Å². The lowest BCUT2D eigenvalue weighted by molar-refractivity contribution is 0.598. The second kappa shape index (κ2) is 6.10. The van der Waals surface area contributed by atoms with Crippen molar-refractivity contribution < 1.29 is 16.8 Å². The van der Waals surface area contributed by atoms with Crippen molar-refractivity contribution in [3.63, 3.8) is 0 Å². The summed E-state index contributed by atoms with van der Waals surface area (Å²) in [5.74, 6) is -0.193. The van der Waals surface area contributed by atoms with Gasteiger partial charge in [0.2, 0.25) is 0 Å². The molecule has 0 radical (unpaired) electrons. The van der Waals surface area contributed by atoms with Crippen LogP contribution in [0.15, 0.2) is 47.4 Å². The third-order valence-electron chi connectivity index (χ3n) is 3.75. The normalized spacial score (nSPS) is 14.0. The van der Waals surface area contributed by atoms with Gasteiger partial charge < -0.3 is 5.32 Å². The summed E-state index contributed by atoms with van der Waals surface area (Å²) in [6.45, 7) is 0.776. The topological polar surface area (TPSA) is 92.3 Å². The standard InChI is InChI=1S/C16H18N2O4S2/c1-23(19,20)11-12-4-2-5-13(10-12)24(21,22)18-16-7-3-6-15-14(16)8-9-17-15/h2-7,10,17-18H,8-9,11H2,1H3. The van der Waals surface area contributed by atoms with Crippen LogP contribution in [0.1, 0.15) is 11.1 Å². The first kappa shape index (κ1) is 16.8. The Bertz CT molecular complexity index is 983. The maximum atomic E-state index is 12.6. The summed E-state index contributed by atoms with van der Waals surface area (Å²) in [6.07, 6.45) is 1.87. The van der Waals surface area contributed by atoms with Crippen LogP contribution < -0.4 is 10.0 Å². The number of fused-ring (bicyclic) bond motifs is 1. The molecule has 2 aromatic rings. The van der Waals surface area contributed by atoms with Gasteiger partial charge in [-0.25, -0.2) is 16.8 Å². The fourth-order valence-corrected chi connectivity index (χ4v) is 4.70. The van der Waals surface area contributed by atoms with E-state index in [0.717, 1.165) is 30.5 Å². The smallest absolute Gasteiger partial charge is 0.261 e. The molecule has 0 fully saturated rings. The molecule has 6 nitrogen and oxygen atoms in total. The molecule has 8 heteroatoms. The second-order valence-corrected chi connectivity index (χ2v) is 9.65. The van der Waals surface area contributed by atoms with Gasteiger partial charge in [0.15, 0.2) is 9.84 Å². The van der Waals surface area contributed by atoms with Gasteiger partial charge in [-0.2, -0.15) is 0 Å². The van der Waals surface area contributed by atoms with E-state index in [9.17, 15) is 16.8 Å². The Kier molecular flexibility index (Phi) is 4.27. The number of nitrogens with one attached hydrogen (secondary N) is 2. The molecule has 128 valence electrons. The first-order valence-corrected chi connectivity index (χ1v) is 10.9. The highest BCUT2D eigenvalue weighted by molar-refractivity contribution is 7.92. The summed E-state index contributed by atoms with van der Waals surface area (Å²) in [6, 6.07) is 11.4. The van der Waals surface area contributed by atoms with Crippen LogP contribution >= 0.6 is 0 Å². The van der Waals surface area contributed by atoms with Crippen LogP contribution in [0.4, 0.5) is 11.4 Å². The van der Waals surface area contributed by atoms with Gasteiger partial charge in [-0.05, 0) is 36.2 Å². The summed E-state index contributed by atoms with van der Waals surface area (Å²) in [5, 5.41) is 3.20. The highest BCUT2D eigenvalue weighted by Crippen LogP contribution is 2.30. The Balaban J connectivity index is 1.92. The fraction of sp³-hybridized carbons (Fsp3) is 0.250. The quantitative estimate of drug-likeness (QED) is 0.844. The number of benzene rings is 2. The maximum Gasteiger partial charge on any atom is 0.261 e. The lowest BCUT2D eigenvalue weighted by Crippen LogP contribution is -2.14. The van der Waals surface area contributed by atoms with Crippen molar-refractivity contribution >= 4 is 31.2 Å². The van der Waals surface area contributed by atoms with Gasteiger partial charge in [-0.15, -0.1) is 0 Å². The van der Waals surface area contributed by atoms with Gasteiger partial charge in [0, 0.05) is 24.1 Å². The van der Waals surface area contributed by atoms with Crippen molar-refractivity contribution in [3.8, 4) is 0 Å². The summed E-state index contributed by atoms with van der Waals surface area (Å²) >= 11 is 0. The summed E-state index contributed by atoms with van der Waals surface area (Å²) in [5.41, 5.74) is 2.86. The average Bonchev–Trinajstić information content (AvgIpc) is 2.95. The van der Waals surface area contributed by atoms with Crippen LogP contribution in [-0.2, 0) is 32.0 Å². The van der Waals surface area contributed by atoms with E-state index < -0.39 is 19.9 Å². The molecule has 0 amide bonds. The predicted octanol–water partition coefficient (Wildman–Crippen LogP) is 2.00. The van der Waals surface area contributed by atoms with E-state index in [0.29, 0.717) is 11.3 Å². The van der Waals surface area contributed by atoms with Crippen LogP contribution in [0.3, 0.4) is 0 Å². The third kappa shape index (κ3) is 3.70. The highest BCUT2D eigenvalue weighted by Gasteiger charge is 2.20. The van der Waals surface area contributed by atoms with Crippen molar-refractivity contribution in [2.75, 3.05) is 22.8 Å². The van der Waals surface area contributed by atoms with E-state index in [1.807, 2.05) is 6.07 Å². The Hall–Kier alpha value is -2.06. The number of rotatable bonds is 5. The first-order valence-electron chi connectivity index (χ1n) is 7.40.